The maximum atomic E-state index is 13.4. The summed E-state index contributed by atoms with van der Waals surface area (Å²) in [5, 5.41) is 30.5. The molecule has 1 saturated heterocycles. The topological polar surface area (TPSA) is 192 Å². The number of hydrogen-bond donors (Lipinski definition) is 3. The lowest BCUT2D eigenvalue weighted by atomic mass is 9.98. The molecule has 0 spiro atoms. The summed E-state index contributed by atoms with van der Waals surface area (Å²) in [4.78, 5) is -0.936. The lowest BCUT2D eigenvalue weighted by Crippen LogP contribution is -2.23. The molecule has 2 aromatic heterocycles. The van der Waals surface area contributed by atoms with Crippen LogP contribution in [0.2, 0.25) is 0 Å². The van der Waals surface area contributed by atoms with Crippen LogP contribution in [0.25, 0.3) is 33.5 Å². The first-order valence-corrected chi connectivity index (χ1v) is 13.5. The molecule has 5 rings (SSSR count). The average Bonchev–Trinajstić information content (AvgIpc) is 3.55. The number of nitrogens with two attached hydrogens (primary N) is 1. The normalized spacial score (nSPS) is 16.9. The summed E-state index contributed by atoms with van der Waals surface area (Å²) >= 11 is 0. The predicted octanol–water partition coefficient (Wildman–Crippen LogP) is -0.154. The molecular weight excluding hydrogens is 482 g/mol. The average molecular weight is 504 g/mol. The van der Waals surface area contributed by atoms with Gasteiger partial charge in [-0.15, -0.1) is 15.3 Å². The van der Waals surface area contributed by atoms with E-state index in [0.29, 0.717) is 41.7 Å². The molecule has 1 aliphatic heterocycles. The van der Waals surface area contributed by atoms with E-state index in [4.69, 9.17) is 5.14 Å². The van der Waals surface area contributed by atoms with Gasteiger partial charge < -0.3 is 5.32 Å². The van der Waals surface area contributed by atoms with E-state index in [1.54, 1.807) is 29.9 Å². The molecule has 2 aromatic carbocycles. The molecule has 15 heteroatoms. The lowest BCUT2D eigenvalue weighted by molar-refractivity contribution is 0.565. The van der Waals surface area contributed by atoms with Crippen molar-refractivity contribution in [2.75, 3.05) is 18.8 Å². The molecular formula is C19H21N9O4S2. The van der Waals surface area contributed by atoms with E-state index in [0.717, 1.165) is 0 Å². The van der Waals surface area contributed by atoms with Crippen LogP contribution in [-0.2, 0) is 26.9 Å². The Morgan fingerprint density at radius 3 is 2.65 bits per heavy atom. The summed E-state index contributed by atoms with van der Waals surface area (Å²) in [5.74, 6) is -0.437. The van der Waals surface area contributed by atoms with E-state index in [9.17, 15) is 16.8 Å². The first-order valence-electron chi connectivity index (χ1n) is 10.3. The standard InChI is InChI=1S/C19H21N9O4S2/c1-28-15-8-12(2-4-14(15)22-27-28)13-3-5-16(33(29,30)10-11-6-7-21-9-11)18(34(20,31)32)17(13)19-23-25-26-24-19/h2-5,8,11,21H,6-7,9-10H2,1H3,(H2,20,31,32)(H,23,24,25,26)/t11-/m1/s1. The highest BCUT2D eigenvalue weighted by Crippen LogP contribution is 2.40. The van der Waals surface area contributed by atoms with E-state index in [-0.39, 0.29) is 28.0 Å². The third kappa shape index (κ3) is 3.96. The number of aromatic amines is 1. The molecule has 1 atom stereocenters. The smallest absolute Gasteiger partial charge is 0.240 e. The van der Waals surface area contributed by atoms with Gasteiger partial charge in [-0.2, -0.15) is 5.21 Å². The minimum atomic E-state index is -4.52. The van der Waals surface area contributed by atoms with Crippen molar-refractivity contribution >= 4 is 30.9 Å². The second-order valence-electron chi connectivity index (χ2n) is 8.15. The fraction of sp³-hybridized carbons (Fsp3) is 0.316. The zero-order chi connectivity index (χ0) is 24.1. The summed E-state index contributed by atoms with van der Waals surface area (Å²) in [6.07, 6.45) is 0.679. The Morgan fingerprint density at radius 2 is 1.97 bits per heavy atom. The van der Waals surface area contributed by atoms with Gasteiger partial charge in [0.1, 0.15) is 10.4 Å². The Morgan fingerprint density at radius 1 is 1.15 bits per heavy atom. The monoisotopic (exact) mass is 503 g/mol. The zero-order valence-electron chi connectivity index (χ0n) is 18.0. The molecule has 4 N–H and O–H groups in total. The molecule has 0 aliphatic carbocycles. The van der Waals surface area contributed by atoms with Crippen molar-refractivity contribution in [3.05, 3.63) is 30.3 Å². The van der Waals surface area contributed by atoms with E-state index in [1.807, 2.05) is 0 Å². The van der Waals surface area contributed by atoms with Gasteiger partial charge in [-0.3, -0.25) is 0 Å². The van der Waals surface area contributed by atoms with Crippen molar-refractivity contribution in [2.45, 2.75) is 16.2 Å². The number of tetrazole rings is 1. The van der Waals surface area contributed by atoms with Crippen LogP contribution in [0.3, 0.4) is 0 Å². The molecule has 34 heavy (non-hydrogen) atoms. The van der Waals surface area contributed by atoms with Crippen LogP contribution in [0.1, 0.15) is 6.42 Å². The second kappa shape index (κ2) is 8.19. The van der Waals surface area contributed by atoms with Crippen molar-refractivity contribution < 1.29 is 16.8 Å². The third-order valence-electron chi connectivity index (χ3n) is 5.85. The Balaban J connectivity index is 1.79. The van der Waals surface area contributed by atoms with Gasteiger partial charge in [-0.25, -0.2) is 26.7 Å². The number of fused-ring (bicyclic) bond motifs is 1. The number of aryl methyl sites for hydroxylation is 1. The molecule has 0 radical (unpaired) electrons. The highest BCUT2D eigenvalue weighted by molar-refractivity contribution is 7.93. The van der Waals surface area contributed by atoms with Crippen molar-refractivity contribution in [2.24, 2.45) is 18.1 Å². The Labute approximate surface area is 194 Å². The fourth-order valence-corrected chi connectivity index (χ4v) is 7.58. The van der Waals surface area contributed by atoms with Gasteiger partial charge >= 0.3 is 0 Å². The molecule has 13 nitrogen and oxygen atoms in total. The lowest BCUT2D eigenvalue weighted by Gasteiger charge is -2.17. The van der Waals surface area contributed by atoms with Gasteiger partial charge in [0.25, 0.3) is 0 Å². The molecule has 1 aliphatic rings. The summed E-state index contributed by atoms with van der Waals surface area (Å²) < 4.78 is 54.0. The zero-order valence-corrected chi connectivity index (χ0v) is 19.6. The van der Waals surface area contributed by atoms with Crippen LogP contribution in [0, 0.1) is 5.92 Å². The molecule has 0 saturated carbocycles. The first kappa shape index (κ1) is 22.5. The quantitative estimate of drug-likeness (QED) is 0.319. The largest absolute Gasteiger partial charge is 0.316 e. The van der Waals surface area contributed by atoms with E-state index in [1.165, 1.54) is 12.1 Å². The van der Waals surface area contributed by atoms with Crippen LogP contribution in [-0.4, -0.2) is 71.3 Å². The molecule has 4 aromatic rings. The first-order chi connectivity index (χ1) is 16.1. The SMILES string of the molecule is Cn1nnc2ccc(-c3ccc(S(=O)(=O)C[C@@H]4CCNC4)c(S(N)(=O)=O)c3-c3nn[nH]n3)cc21. The minimum absolute atomic E-state index is 0.0450. The maximum Gasteiger partial charge on any atom is 0.240 e. The summed E-state index contributed by atoms with van der Waals surface area (Å²) in [7, 11) is -6.81. The van der Waals surface area contributed by atoms with Crippen molar-refractivity contribution in [1.82, 2.24) is 40.9 Å². The van der Waals surface area contributed by atoms with Crippen molar-refractivity contribution in [3.8, 4) is 22.5 Å². The van der Waals surface area contributed by atoms with Crippen LogP contribution >= 0.6 is 0 Å². The number of nitrogens with zero attached hydrogens (tertiary/aromatic N) is 6. The molecule has 178 valence electrons. The molecule has 0 unspecified atom stereocenters. The number of nitrogens with one attached hydrogen (secondary N) is 2. The molecule has 3 heterocycles. The number of primary sulfonamides is 1. The third-order valence-corrected chi connectivity index (χ3v) is 8.89. The minimum Gasteiger partial charge on any atom is -0.316 e. The van der Waals surface area contributed by atoms with Gasteiger partial charge in [0.05, 0.1) is 21.7 Å². The van der Waals surface area contributed by atoms with Gasteiger partial charge in [0.15, 0.2) is 9.84 Å². The van der Waals surface area contributed by atoms with E-state index < -0.39 is 24.8 Å². The summed E-state index contributed by atoms with van der Waals surface area (Å²) in [6, 6.07) is 8.03. The Bertz CT molecular complexity index is 1590. The molecule has 0 bridgehead atoms. The van der Waals surface area contributed by atoms with Crippen LogP contribution in [0.15, 0.2) is 40.1 Å². The second-order valence-corrected chi connectivity index (χ2v) is 11.7. The molecule has 0 amide bonds. The highest BCUT2D eigenvalue weighted by atomic mass is 32.2. The number of rotatable bonds is 6. The van der Waals surface area contributed by atoms with Gasteiger partial charge in [0, 0.05) is 7.05 Å². The van der Waals surface area contributed by atoms with Crippen LogP contribution < -0.4 is 10.5 Å². The highest BCUT2D eigenvalue weighted by Gasteiger charge is 2.34. The van der Waals surface area contributed by atoms with E-state index in [2.05, 4.69) is 36.3 Å². The Kier molecular flexibility index (Phi) is 5.43. The number of benzene rings is 2. The number of sulfone groups is 1. The number of sulfonamides is 1. The molecule has 1 fully saturated rings. The summed E-state index contributed by atoms with van der Waals surface area (Å²) in [6.45, 7) is 1.25. The van der Waals surface area contributed by atoms with Crippen LogP contribution in [0.5, 0.6) is 0 Å². The van der Waals surface area contributed by atoms with Gasteiger partial charge in [-0.05, 0) is 60.0 Å². The van der Waals surface area contributed by atoms with Gasteiger partial charge in [0.2, 0.25) is 15.8 Å². The van der Waals surface area contributed by atoms with Gasteiger partial charge in [-0.1, -0.05) is 17.3 Å². The maximum absolute atomic E-state index is 13.4. The summed E-state index contributed by atoms with van der Waals surface area (Å²) in [5.41, 5.74) is 2.24. The van der Waals surface area contributed by atoms with Crippen molar-refractivity contribution in [1.29, 1.82) is 0 Å². The number of hydrogen-bond acceptors (Lipinski definition) is 10. The number of aromatic nitrogens is 7. The predicted molar refractivity (Wildman–Crippen MR) is 122 cm³/mol. The van der Waals surface area contributed by atoms with Crippen molar-refractivity contribution in [3.63, 3.8) is 0 Å². The van der Waals surface area contributed by atoms with E-state index >= 15 is 0 Å². The number of H-pyrrole nitrogens is 1. The van der Waals surface area contributed by atoms with Crippen LogP contribution in [0.4, 0.5) is 0 Å². The fourth-order valence-electron chi connectivity index (χ4n) is 4.28. The Hall–Kier alpha value is -3.27.